The second-order valence-corrected chi connectivity index (χ2v) is 4.79. The summed E-state index contributed by atoms with van der Waals surface area (Å²) in [4.78, 5) is 11.7. The Hall–Kier alpha value is -1.56. The van der Waals surface area contributed by atoms with Gasteiger partial charge in [0, 0.05) is 18.7 Å². The fourth-order valence-corrected chi connectivity index (χ4v) is 1.83. The first-order valence-electron chi connectivity index (χ1n) is 6.37. The van der Waals surface area contributed by atoms with Crippen molar-refractivity contribution >= 4 is 5.91 Å². The minimum absolute atomic E-state index is 0.0281. The van der Waals surface area contributed by atoms with Gasteiger partial charge in [0.15, 0.2) is 0 Å². The van der Waals surface area contributed by atoms with Gasteiger partial charge in [0.1, 0.15) is 0 Å². The lowest BCUT2D eigenvalue weighted by Crippen LogP contribution is -2.25. The number of amides is 1. The molecule has 0 radical (unpaired) electrons. The van der Waals surface area contributed by atoms with E-state index in [9.17, 15) is 18.0 Å². The Balaban J connectivity index is 3.04. The zero-order valence-electron chi connectivity index (χ0n) is 11.4. The van der Waals surface area contributed by atoms with Crippen molar-refractivity contribution in [1.29, 1.82) is 0 Å². The molecule has 0 heterocycles. The van der Waals surface area contributed by atoms with Crippen molar-refractivity contribution in [2.75, 3.05) is 13.2 Å². The van der Waals surface area contributed by atoms with E-state index >= 15 is 0 Å². The largest absolute Gasteiger partial charge is 0.416 e. The zero-order chi connectivity index (χ0) is 15.3. The molecule has 1 rings (SSSR count). The second kappa shape index (κ2) is 6.74. The second-order valence-electron chi connectivity index (χ2n) is 4.79. The number of rotatable bonds is 5. The van der Waals surface area contributed by atoms with Crippen LogP contribution in [0.1, 0.15) is 47.7 Å². The van der Waals surface area contributed by atoms with Crippen LogP contribution in [-0.2, 0) is 6.18 Å². The van der Waals surface area contributed by atoms with Crippen molar-refractivity contribution in [3.8, 4) is 0 Å². The van der Waals surface area contributed by atoms with Gasteiger partial charge in [0.05, 0.1) is 5.56 Å². The van der Waals surface area contributed by atoms with Crippen LogP contribution >= 0.6 is 0 Å². The van der Waals surface area contributed by atoms with Crippen LogP contribution in [-0.4, -0.2) is 24.2 Å². The van der Waals surface area contributed by atoms with Gasteiger partial charge in [-0.05, 0) is 30.0 Å². The summed E-state index contributed by atoms with van der Waals surface area (Å²) in [5.41, 5.74) is -0.633. The molecule has 112 valence electrons. The predicted octanol–water partition coefficient (Wildman–Crippen LogP) is 2.94. The van der Waals surface area contributed by atoms with E-state index in [-0.39, 0.29) is 30.2 Å². The van der Waals surface area contributed by atoms with Crippen LogP contribution in [0.25, 0.3) is 0 Å². The summed E-state index contributed by atoms with van der Waals surface area (Å²) in [5, 5.41) is 11.1. The molecule has 0 unspecified atom stereocenters. The van der Waals surface area contributed by atoms with E-state index in [4.69, 9.17) is 5.11 Å². The van der Waals surface area contributed by atoms with Gasteiger partial charge in [-0.3, -0.25) is 4.79 Å². The minimum atomic E-state index is -4.49. The van der Waals surface area contributed by atoms with Gasteiger partial charge in [-0.25, -0.2) is 0 Å². The average Bonchev–Trinajstić information content (AvgIpc) is 2.37. The Morgan fingerprint density at radius 3 is 2.50 bits per heavy atom. The van der Waals surface area contributed by atoms with Crippen molar-refractivity contribution in [2.24, 2.45) is 0 Å². The lowest BCUT2D eigenvalue weighted by atomic mass is 9.94. The summed E-state index contributed by atoms with van der Waals surface area (Å²) in [5.74, 6) is -0.850. The predicted molar refractivity (Wildman–Crippen MR) is 69.6 cm³/mol. The number of nitrogens with one attached hydrogen (secondary N) is 1. The van der Waals surface area contributed by atoms with Gasteiger partial charge in [-0.15, -0.1) is 0 Å². The van der Waals surface area contributed by atoms with E-state index in [1.807, 2.05) is 0 Å². The molecule has 0 bridgehead atoms. The zero-order valence-corrected chi connectivity index (χ0v) is 11.4. The Labute approximate surface area is 115 Å². The van der Waals surface area contributed by atoms with Gasteiger partial charge in [-0.2, -0.15) is 13.2 Å². The molecule has 0 saturated carbocycles. The molecule has 0 aliphatic heterocycles. The number of alkyl halides is 3. The summed E-state index contributed by atoms with van der Waals surface area (Å²) in [6.45, 7) is 3.49. The molecular weight excluding hydrogens is 271 g/mol. The molecule has 3 nitrogen and oxygen atoms in total. The van der Waals surface area contributed by atoms with Crippen LogP contribution in [0.15, 0.2) is 18.2 Å². The molecule has 0 saturated heterocycles. The van der Waals surface area contributed by atoms with Gasteiger partial charge in [0.2, 0.25) is 0 Å². The third kappa shape index (κ3) is 4.23. The topological polar surface area (TPSA) is 49.3 Å². The number of halogens is 3. The molecule has 1 aromatic carbocycles. The van der Waals surface area contributed by atoms with Crippen LogP contribution in [0.2, 0.25) is 0 Å². The van der Waals surface area contributed by atoms with Gasteiger partial charge < -0.3 is 10.4 Å². The van der Waals surface area contributed by atoms with Crippen LogP contribution in [0.4, 0.5) is 13.2 Å². The maximum atomic E-state index is 13.0. The van der Waals surface area contributed by atoms with E-state index in [1.54, 1.807) is 13.8 Å². The summed E-state index contributed by atoms with van der Waals surface area (Å²) < 4.78 is 39.0. The molecule has 1 amide bonds. The van der Waals surface area contributed by atoms with E-state index in [2.05, 4.69) is 5.32 Å². The molecule has 0 aliphatic carbocycles. The van der Waals surface area contributed by atoms with Crippen molar-refractivity contribution in [3.63, 3.8) is 0 Å². The normalized spacial score (nSPS) is 11.8. The van der Waals surface area contributed by atoms with Crippen LogP contribution in [0.5, 0.6) is 0 Å². The van der Waals surface area contributed by atoms with Crippen molar-refractivity contribution in [2.45, 2.75) is 32.4 Å². The number of hydrogen-bond acceptors (Lipinski definition) is 2. The van der Waals surface area contributed by atoms with E-state index < -0.39 is 17.6 Å². The molecule has 0 aliphatic rings. The van der Waals surface area contributed by atoms with Crippen molar-refractivity contribution in [3.05, 3.63) is 34.9 Å². The van der Waals surface area contributed by atoms with Crippen LogP contribution in [0, 0.1) is 0 Å². The fraction of sp³-hybridized carbons (Fsp3) is 0.500. The Morgan fingerprint density at radius 1 is 1.35 bits per heavy atom. The highest BCUT2D eigenvalue weighted by Gasteiger charge is 2.34. The molecule has 2 N–H and O–H groups in total. The highest BCUT2D eigenvalue weighted by atomic mass is 19.4. The number of benzene rings is 1. The molecule has 1 aromatic rings. The van der Waals surface area contributed by atoms with Gasteiger partial charge >= 0.3 is 6.18 Å². The average molecular weight is 289 g/mol. The molecule has 0 aromatic heterocycles. The van der Waals surface area contributed by atoms with Gasteiger partial charge in [0.25, 0.3) is 5.91 Å². The molecule has 20 heavy (non-hydrogen) atoms. The lowest BCUT2D eigenvalue weighted by molar-refractivity contribution is -0.138. The SMILES string of the molecule is CC(C)c1ccc(C(=O)NCCCO)cc1C(F)(F)F. The summed E-state index contributed by atoms with van der Waals surface area (Å²) in [6, 6.07) is 3.61. The number of carbonyl (C=O) groups excluding carboxylic acids is 1. The van der Waals surface area contributed by atoms with Crippen molar-refractivity contribution in [1.82, 2.24) is 5.32 Å². The Morgan fingerprint density at radius 2 is 2.00 bits per heavy atom. The number of hydrogen-bond donors (Lipinski definition) is 2. The highest BCUT2D eigenvalue weighted by Crippen LogP contribution is 2.35. The molecule has 0 atom stereocenters. The highest BCUT2D eigenvalue weighted by molar-refractivity contribution is 5.94. The summed E-state index contributed by atoms with van der Waals surface area (Å²) in [6.07, 6.45) is -4.12. The summed E-state index contributed by atoms with van der Waals surface area (Å²) in [7, 11) is 0. The molecule has 0 fully saturated rings. The first-order chi connectivity index (χ1) is 9.27. The molecular formula is C14H18F3NO2. The van der Waals surface area contributed by atoms with Crippen molar-refractivity contribution < 1.29 is 23.1 Å². The van der Waals surface area contributed by atoms with E-state index in [1.165, 1.54) is 12.1 Å². The van der Waals surface area contributed by atoms with E-state index in [0.29, 0.717) is 6.42 Å². The summed E-state index contributed by atoms with van der Waals surface area (Å²) >= 11 is 0. The Bertz CT molecular complexity index is 470. The van der Waals surface area contributed by atoms with Crippen LogP contribution < -0.4 is 5.32 Å². The quantitative estimate of drug-likeness (QED) is 0.819. The van der Waals surface area contributed by atoms with Gasteiger partial charge in [-0.1, -0.05) is 19.9 Å². The number of carbonyl (C=O) groups is 1. The first-order valence-corrected chi connectivity index (χ1v) is 6.37. The third-order valence-electron chi connectivity index (χ3n) is 2.86. The monoisotopic (exact) mass is 289 g/mol. The number of aliphatic hydroxyl groups is 1. The smallest absolute Gasteiger partial charge is 0.396 e. The third-order valence-corrected chi connectivity index (χ3v) is 2.86. The fourth-order valence-electron chi connectivity index (χ4n) is 1.83. The minimum Gasteiger partial charge on any atom is -0.396 e. The number of aliphatic hydroxyl groups excluding tert-OH is 1. The first kappa shape index (κ1) is 16.5. The van der Waals surface area contributed by atoms with E-state index in [0.717, 1.165) is 6.07 Å². The van der Waals surface area contributed by atoms with Crippen LogP contribution in [0.3, 0.4) is 0 Å². The molecule has 0 spiro atoms. The molecule has 6 heteroatoms. The standard InChI is InChI=1S/C14H18F3NO2/c1-9(2)11-5-4-10(8-12(11)14(15,16)17)13(20)18-6-3-7-19/h4-5,8-9,19H,3,6-7H2,1-2H3,(H,18,20). The maximum Gasteiger partial charge on any atom is 0.416 e. The maximum absolute atomic E-state index is 13.0. The lowest BCUT2D eigenvalue weighted by Gasteiger charge is -2.16. The Kier molecular flexibility index (Phi) is 5.56.